The van der Waals surface area contributed by atoms with E-state index in [1.807, 2.05) is 0 Å². The first-order valence-electron chi connectivity index (χ1n) is 7.13. The number of esters is 1. The number of nitrogens with zero attached hydrogens (tertiary/aromatic N) is 1. The molecule has 0 bridgehead atoms. The fourth-order valence-electron chi connectivity index (χ4n) is 1.87. The predicted molar refractivity (Wildman–Crippen MR) is 92.5 cm³/mol. The number of thiophene rings is 1. The van der Waals surface area contributed by atoms with Gasteiger partial charge in [-0.15, -0.1) is 17.8 Å². The lowest BCUT2D eigenvalue weighted by Crippen LogP contribution is -2.13. The number of ether oxygens (including phenoxy) is 1. The fraction of sp³-hybridized carbons (Fsp3) is 0.167. The van der Waals surface area contributed by atoms with E-state index in [-0.39, 0.29) is 18.6 Å². The van der Waals surface area contributed by atoms with Crippen molar-refractivity contribution >= 4 is 28.2 Å². The van der Waals surface area contributed by atoms with Crippen LogP contribution in [0.25, 0.3) is 11.1 Å². The largest absolute Gasteiger partial charge is 0.462 e. The van der Waals surface area contributed by atoms with Gasteiger partial charge in [-0.1, -0.05) is 30.2 Å². The Morgan fingerprint density at radius 2 is 1.92 bits per heavy atom. The lowest BCUT2D eigenvalue weighted by Gasteiger charge is -2.10. The molecule has 6 heteroatoms. The second kappa shape index (κ2) is 7.96. The Balaban J connectivity index is 0.000000282. The van der Waals surface area contributed by atoms with Gasteiger partial charge < -0.3 is 10.1 Å². The summed E-state index contributed by atoms with van der Waals surface area (Å²) in [4.78, 5) is 23.0. The standard InChI is InChI=1S/C12H10N2O3S.C6H4/c1-3-8-7-18-11(14-9(15)5-6-13)10(8)12(16)17-4-2;1-2-6-4-3-5(1)6/h1,7H,4-5H2,2H3,(H,14,15);1-4H. The molecule has 3 rings (SSSR count). The Labute approximate surface area is 143 Å². The van der Waals surface area contributed by atoms with Crippen LogP contribution in [-0.2, 0) is 9.53 Å². The number of amides is 1. The van der Waals surface area contributed by atoms with Crippen molar-refractivity contribution in [1.29, 1.82) is 5.26 Å². The number of fused-ring (bicyclic) bond motifs is 1. The molecule has 1 aromatic rings. The molecule has 1 N–H and O–H groups in total. The molecule has 0 saturated carbocycles. The van der Waals surface area contributed by atoms with Crippen LogP contribution in [0.15, 0.2) is 29.6 Å². The molecule has 120 valence electrons. The molecule has 0 saturated heterocycles. The minimum absolute atomic E-state index is 0.163. The topological polar surface area (TPSA) is 79.2 Å². The summed E-state index contributed by atoms with van der Waals surface area (Å²) < 4.78 is 4.87. The molecule has 0 spiro atoms. The van der Waals surface area contributed by atoms with Crippen LogP contribution >= 0.6 is 11.3 Å². The Bertz CT molecular complexity index is 818. The van der Waals surface area contributed by atoms with Crippen LogP contribution in [0.4, 0.5) is 5.00 Å². The second-order valence-electron chi connectivity index (χ2n) is 4.68. The van der Waals surface area contributed by atoms with Gasteiger partial charge in [-0.25, -0.2) is 4.79 Å². The SMILES string of the molecule is C#Cc1csc(NC(=O)CC#N)c1C(=O)OCC.c1cc2ccc1-2. The number of benzene rings is 1. The Hall–Kier alpha value is -3.09. The molecule has 0 fully saturated rings. The number of hydrogen-bond acceptors (Lipinski definition) is 5. The summed E-state index contributed by atoms with van der Waals surface area (Å²) in [6.07, 6.45) is 4.99. The summed E-state index contributed by atoms with van der Waals surface area (Å²) in [7, 11) is 0. The summed E-state index contributed by atoms with van der Waals surface area (Å²) in [5.41, 5.74) is 3.38. The molecular formula is C18H14N2O3S. The number of nitriles is 1. The fourth-order valence-corrected chi connectivity index (χ4v) is 2.77. The lowest BCUT2D eigenvalue weighted by molar-refractivity contribution is -0.115. The number of anilines is 1. The third-order valence-electron chi connectivity index (χ3n) is 3.14. The van der Waals surface area contributed by atoms with Crippen LogP contribution in [0.3, 0.4) is 0 Å². The first-order valence-corrected chi connectivity index (χ1v) is 8.01. The van der Waals surface area contributed by atoms with Crippen LogP contribution < -0.4 is 5.32 Å². The summed E-state index contributed by atoms with van der Waals surface area (Å²) in [5.74, 6) is 1.28. The van der Waals surface area contributed by atoms with Gasteiger partial charge in [0.2, 0.25) is 5.91 Å². The first-order chi connectivity index (χ1) is 11.6. The quantitative estimate of drug-likeness (QED) is 0.584. The normalized spacial score (nSPS) is 9.62. The highest BCUT2D eigenvalue weighted by Crippen LogP contribution is 2.29. The second-order valence-corrected chi connectivity index (χ2v) is 5.56. The average molecular weight is 338 g/mol. The van der Waals surface area contributed by atoms with Gasteiger partial charge >= 0.3 is 5.97 Å². The number of terminal acetylenes is 1. The Morgan fingerprint density at radius 3 is 2.33 bits per heavy atom. The van der Waals surface area contributed by atoms with Crippen LogP contribution in [0, 0.1) is 23.7 Å². The van der Waals surface area contributed by atoms with Crippen molar-refractivity contribution in [3.8, 4) is 29.5 Å². The maximum absolute atomic E-state index is 11.7. The highest BCUT2D eigenvalue weighted by molar-refractivity contribution is 7.15. The van der Waals surface area contributed by atoms with E-state index in [2.05, 4.69) is 35.5 Å². The maximum Gasteiger partial charge on any atom is 0.342 e. The summed E-state index contributed by atoms with van der Waals surface area (Å²) in [5, 5.41) is 12.7. The Morgan fingerprint density at radius 1 is 1.29 bits per heavy atom. The minimum Gasteiger partial charge on any atom is -0.462 e. The van der Waals surface area contributed by atoms with Crippen molar-refractivity contribution in [1.82, 2.24) is 0 Å². The van der Waals surface area contributed by atoms with E-state index < -0.39 is 11.9 Å². The molecule has 2 aliphatic carbocycles. The number of hydrogen-bond donors (Lipinski definition) is 1. The highest BCUT2D eigenvalue weighted by atomic mass is 32.1. The minimum atomic E-state index is -0.584. The van der Waals surface area contributed by atoms with E-state index in [0.29, 0.717) is 10.6 Å². The van der Waals surface area contributed by atoms with E-state index in [0.717, 1.165) is 11.3 Å². The zero-order valence-electron chi connectivity index (χ0n) is 13.0. The molecule has 5 nitrogen and oxygen atoms in total. The number of carbonyl (C=O) groups is 2. The highest BCUT2D eigenvalue weighted by Gasteiger charge is 2.20. The smallest absolute Gasteiger partial charge is 0.342 e. The van der Waals surface area contributed by atoms with Crippen LogP contribution in [0.1, 0.15) is 29.3 Å². The van der Waals surface area contributed by atoms with Crippen molar-refractivity contribution in [2.24, 2.45) is 0 Å². The molecule has 1 heterocycles. The molecule has 2 aliphatic rings. The van der Waals surface area contributed by atoms with Gasteiger partial charge in [0.1, 0.15) is 17.0 Å². The van der Waals surface area contributed by atoms with Crippen LogP contribution in [-0.4, -0.2) is 18.5 Å². The lowest BCUT2D eigenvalue weighted by atomic mass is 9.95. The van der Waals surface area contributed by atoms with Gasteiger partial charge in [-0.2, -0.15) is 5.26 Å². The van der Waals surface area contributed by atoms with E-state index in [4.69, 9.17) is 16.4 Å². The monoisotopic (exact) mass is 338 g/mol. The van der Waals surface area contributed by atoms with Gasteiger partial charge in [-0.05, 0) is 18.1 Å². The number of carbonyl (C=O) groups excluding carboxylic acids is 2. The predicted octanol–water partition coefficient (Wildman–Crippen LogP) is 3.43. The van der Waals surface area contributed by atoms with Gasteiger partial charge in [0.15, 0.2) is 0 Å². The first kappa shape index (κ1) is 17.3. The van der Waals surface area contributed by atoms with E-state index in [9.17, 15) is 9.59 Å². The molecule has 0 atom stereocenters. The number of rotatable bonds is 4. The van der Waals surface area contributed by atoms with Crippen LogP contribution in [0.2, 0.25) is 0 Å². The molecule has 0 radical (unpaired) electrons. The van der Waals surface area contributed by atoms with Crippen molar-refractivity contribution in [3.63, 3.8) is 0 Å². The van der Waals surface area contributed by atoms with Gasteiger partial charge in [0.05, 0.1) is 18.2 Å². The van der Waals surface area contributed by atoms with Gasteiger partial charge in [0, 0.05) is 5.38 Å². The maximum atomic E-state index is 11.7. The summed E-state index contributed by atoms with van der Waals surface area (Å²) in [6.45, 7) is 1.89. The number of nitrogens with one attached hydrogen (secondary N) is 1. The third-order valence-corrected chi connectivity index (χ3v) is 4.03. The van der Waals surface area contributed by atoms with E-state index in [1.54, 1.807) is 18.4 Å². The van der Waals surface area contributed by atoms with Crippen molar-refractivity contribution in [2.75, 3.05) is 11.9 Å². The molecule has 0 unspecified atom stereocenters. The molecule has 0 aromatic carbocycles. The summed E-state index contributed by atoms with van der Waals surface area (Å²) in [6, 6.07) is 10.2. The molecule has 0 aliphatic heterocycles. The van der Waals surface area contributed by atoms with Gasteiger partial charge in [0.25, 0.3) is 0 Å². The van der Waals surface area contributed by atoms with Crippen molar-refractivity contribution in [3.05, 3.63) is 40.8 Å². The van der Waals surface area contributed by atoms with Crippen molar-refractivity contribution < 1.29 is 14.3 Å². The van der Waals surface area contributed by atoms with E-state index in [1.165, 1.54) is 11.1 Å². The van der Waals surface area contributed by atoms with Gasteiger partial charge in [-0.3, -0.25) is 4.79 Å². The van der Waals surface area contributed by atoms with Crippen LogP contribution in [0.5, 0.6) is 0 Å². The zero-order chi connectivity index (χ0) is 17.5. The third kappa shape index (κ3) is 3.81. The van der Waals surface area contributed by atoms with Crippen molar-refractivity contribution in [2.45, 2.75) is 13.3 Å². The zero-order valence-corrected chi connectivity index (χ0v) is 13.8. The summed E-state index contributed by atoms with van der Waals surface area (Å²) >= 11 is 1.12. The molecule has 1 amide bonds. The molecular weight excluding hydrogens is 324 g/mol. The Kier molecular flexibility index (Phi) is 5.73. The average Bonchev–Trinajstić information content (AvgIpc) is 2.94. The molecule has 1 aromatic heterocycles. The van der Waals surface area contributed by atoms with E-state index >= 15 is 0 Å². The molecule has 24 heavy (non-hydrogen) atoms.